The second-order valence-electron chi connectivity index (χ2n) is 5.66. The highest BCUT2D eigenvalue weighted by molar-refractivity contribution is 4.82. The van der Waals surface area contributed by atoms with Crippen molar-refractivity contribution in [3.05, 3.63) is 0 Å². The maximum atomic E-state index is 12.6. The van der Waals surface area contributed by atoms with E-state index in [4.69, 9.17) is 0 Å². The van der Waals surface area contributed by atoms with E-state index in [-0.39, 0.29) is 30.9 Å². The molecule has 18 heavy (non-hydrogen) atoms. The fourth-order valence-electron chi connectivity index (χ4n) is 2.44. The average Bonchev–Trinajstić information content (AvgIpc) is 2.28. The van der Waals surface area contributed by atoms with Crippen LogP contribution in [-0.4, -0.2) is 30.0 Å². The van der Waals surface area contributed by atoms with Gasteiger partial charge in [-0.3, -0.25) is 0 Å². The zero-order chi connectivity index (χ0) is 13.8. The molecule has 0 aromatic heterocycles. The Kier molecular flexibility index (Phi) is 5.92. The van der Waals surface area contributed by atoms with Gasteiger partial charge in [0.15, 0.2) is 0 Å². The largest absolute Gasteiger partial charge is 0.393 e. The maximum absolute atomic E-state index is 12.6. The fourth-order valence-corrected chi connectivity index (χ4v) is 2.44. The van der Waals surface area contributed by atoms with Crippen molar-refractivity contribution in [3.63, 3.8) is 0 Å². The Labute approximate surface area is 107 Å². The lowest BCUT2D eigenvalue weighted by Gasteiger charge is -2.31. The molecule has 2 nitrogen and oxygen atoms in total. The summed E-state index contributed by atoms with van der Waals surface area (Å²) in [6, 6.07) is -0.0512. The van der Waals surface area contributed by atoms with Crippen LogP contribution in [0.4, 0.5) is 13.2 Å². The molecular formula is C13H24F3NO. The lowest BCUT2D eigenvalue weighted by atomic mass is 9.85. The van der Waals surface area contributed by atoms with Crippen LogP contribution in [0.2, 0.25) is 0 Å². The van der Waals surface area contributed by atoms with Gasteiger partial charge in [0, 0.05) is 6.04 Å². The highest BCUT2D eigenvalue weighted by atomic mass is 19.4. The van der Waals surface area contributed by atoms with E-state index in [1.807, 2.05) is 13.8 Å². The van der Waals surface area contributed by atoms with Crippen LogP contribution >= 0.6 is 0 Å². The number of rotatable bonds is 5. The molecular weight excluding hydrogens is 243 g/mol. The van der Waals surface area contributed by atoms with Crippen LogP contribution in [0.3, 0.4) is 0 Å². The lowest BCUT2D eigenvalue weighted by Crippen LogP contribution is -2.40. The summed E-state index contributed by atoms with van der Waals surface area (Å²) < 4.78 is 37.8. The van der Waals surface area contributed by atoms with Gasteiger partial charge in [-0.15, -0.1) is 0 Å². The van der Waals surface area contributed by atoms with Crippen molar-refractivity contribution < 1.29 is 18.3 Å². The minimum atomic E-state index is -4.06. The number of hydrogen-bond acceptors (Lipinski definition) is 2. The molecule has 2 N–H and O–H groups in total. The van der Waals surface area contributed by atoms with Crippen molar-refractivity contribution >= 4 is 0 Å². The number of halogens is 3. The van der Waals surface area contributed by atoms with Crippen LogP contribution in [0.25, 0.3) is 0 Å². The Hall–Kier alpha value is -0.290. The second kappa shape index (κ2) is 6.75. The van der Waals surface area contributed by atoms with E-state index < -0.39 is 12.1 Å². The third-order valence-corrected chi connectivity index (χ3v) is 3.78. The van der Waals surface area contributed by atoms with Gasteiger partial charge in [-0.2, -0.15) is 13.2 Å². The monoisotopic (exact) mass is 267 g/mol. The van der Waals surface area contributed by atoms with Gasteiger partial charge in [0.2, 0.25) is 0 Å². The van der Waals surface area contributed by atoms with E-state index in [0.29, 0.717) is 19.4 Å². The van der Waals surface area contributed by atoms with Crippen molar-refractivity contribution in [2.75, 3.05) is 6.54 Å². The summed E-state index contributed by atoms with van der Waals surface area (Å²) in [7, 11) is 0. The van der Waals surface area contributed by atoms with Crippen molar-refractivity contribution in [2.45, 2.75) is 64.3 Å². The molecule has 1 fully saturated rings. The lowest BCUT2D eigenvalue weighted by molar-refractivity contribution is -0.183. The molecule has 1 aliphatic rings. The molecule has 0 saturated heterocycles. The van der Waals surface area contributed by atoms with E-state index in [1.165, 1.54) is 0 Å². The van der Waals surface area contributed by atoms with Crippen LogP contribution in [0.1, 0.15) is 46.0 Å². The Morgan fingerprint density at radius 2 is 1.94 bits per heavy atom. The van der Waals surface area contributed by atoms with E-state index in [1.54, 1.807) is 0 Å². The Morgan fingerprint density at radius 3 is 2.50 bits per heavy atom. The molecule has 3 atom stereocenters. The molecule has 108 valence electrons. The highest BCUT2D eigenvalue weighted by Gasteiger charge is 2.41. The zero-order valence-corrected chi connectivity index (χ0v) is 11.1. The maximum Gasteiger partial charge on any atom is 0.391 e. The predicted octanol–water partition coefficient (Wildman–Crippen LogP) is 3.10. The summed E-state index contributed by atoms with van der Waals surface area (Å²) in [5.41, 5.74) is 0. The quantitative estimate of drug-likeness (QED) is 0.802. The highest BCUT2D eigenvalue weighted by Crippen LogP contribution is 2.37. The van der Waals surface area contributed by atoms with Crippen molar-refractivity contribution in [1.82, 2.24) is 5.32 Å². The van der Waals surface area contributed by atoms with Gasteiger partial charge in [-0.05, 0) is 38.1 Å². The van der Waals surface area contributed by atoms with Crippen molar-refractivity contribution in [3.8, 4) is 0 Å². The van der Waals surface area contributed by atoms with Crippen LogP contribution in [-0.2, 0) is 0 Å². The third kappa shape index (κ3) is 5.14. The minimum Gasteiger partial charge on any atom is -0.393 e. The Morgan fingerprint density at radius 1 is 1.28 bits per heavy atom. The normalized spacial score (nSPS) is 27.5. The van der Waals surface area contributed by atoms with E-state index in [0.717, 1.165) is 6.42 Å². The molecule has 1 rings (SSSR count). The van der Waals surface area contributed by atoms with Crippen molar-refractivity contribution in [1.29, 1.82) is 0 Å². The topological polar surface area (TPSA) is 32.3 Å². The van der Waals surface area contributed by atoms with Gasteiger partial charge in [0.25, 0.3) is 0 Å². The van der Waals surface area contributed by atoms with Gasteiger partial charge in [-0.1, -0.05) is 20.3 Å². The summed E-state index contributed by atoms with van der Waals surface area (Å²) >= 11 is 0. The second-order valence-corrected chi connectivity index (χ2v) is 5.66. The predicted molar refractivity (Wildman–Crippen MR) is 65.3 cm³/mol. The molecule has 0 heterocycles. The molecule has 0 unspecified atom stereocenters. The molecule has 0 spiro atoms. The van der Waals surface area contributed by atoms with Crippen LogP contribution < -0.4 is 5.32 Å². The fraction of sp³-hybridized carbons (Fsp3) is 1.00. The molecule has 0 radical (unpaired) electrons. The molecule has 0 bridgehead atoms. The Balaban J connectivity index is 2.26. The number of aliphatic hydroxyl groups is 1. The van der Waals surface area contributed by atoms with Crippen LogP contribution in [0.15, 0.2) is 0 Å². The smallest absolute Gasteiger partial charge is 0.391 e. The molecule has 0 aromatic carbocycles. The van der Waals surface area contributed by atoms with Gasteiger partial charge in [-0.25, -0.2) is 0 Å². The van der Waals surface area contributed by atoms with Crippen molar-refractivity contribution in [2.24, 2.45) is 11.8 Å². The molecule has 0 amide bonds. The van der Waals surface area contributed by atoms with Crippen LogP contribution in [0.5, 0.6) is 0 Å². The third-order valence-electron chi connectivity index (χ3n) is 3.78. The van der Waals surface area contributed by atoms with Gasteiger partial charge < -0.3 is 10.4 Å². The molecule has 5 heteroatoms. The summed E-state index contributed by atoms with van der Waals surface area (Å²) in [5.74, 6) is -0.958. The van der Waals surface area contributed by atoms with Crippen LogP contribution in [0, 0.1) is 11.8 Å². The first-order chi connectivity index (χ1) is 8.30. The number of aliphatic hydroxyl groups excluding tert-OH is 1. The summed E-state index contributed by atoms with van der Waals surface area (Å²) in [5, 5.41) is 12.8. The first kappa shape index (κ1) is 15.8. The number of hydrogen-bond donors (Lipinski definition) is 2. The number of nitrogens with one attached hydrogen (secondary N) is 1. The SMILES string of the molecule is CC(C)[C@H](O)CCN[C@@H]1CCC[C@H](C(F)(F)F)C1. The first-order valence-corrected chi connectivity index (χ1v) is 6.79. The van der Waals surface area contributed by atoms with E-state index in [9.17, 15) is 18.3 Å². The molecule has 1 aliphatic carbocycles. The zero-order valence-electron chi connectivity index (χ0n) is 11.1. The molecule has 1 saturated carbocycles. The standard InChI is InChI=1S/C13H24F3NO/c1-9(2)12(18)6-7-17-11-5-3-4-10(8-11)13(14,15)16/h9-12,17-18H,3-8H2,1-2H3/t10-,11+,12+/m0/s1. The average molecular weight is 267 g/mol. The summed E-state index contributed by atoms with van der Waals surface area (Å²) in [4.78, 5) is 0. The Bertz CT molecular complexity index is 243. The van der Waals surface area contributed by atoms with E-state index >= 15 is 0 Å². The van der Waals surface area contributed by atoms with Gasteiger partial charge in [0.1, 0.15) is 0 Å². The number of alkyl halides is 3. The first-order valence-electron chi connectivity index (χ1n) is 6.79. The summed E-state index contributed by atoms with van der Waals surface area (Å²) in [6.07, 6.45) is -1.95. The van der Waals surface area contributed by atoms with Gasteiger partial charge in [0.05, 0.1) is 12.0 Å². The van der Waals surface area contributed by atoms with E-state index in [2.05, 4.69) is 5.32 Å². The minimum absolute atomic E-state index is 0.0512. The molecule has 0 aromatic rings. The van der Waals surface area contributed by atoms with Gasteiger partial charge >= 0.3 is 6.18 Å². The summed E-state index contributed by atoms with van der Waals surface area (Å²) in [6.45, 7) is 4.46. The molecule has 0 aliphatic heterocycles.